The van der Waals surface area contributed by atoms with Crippen molar-refractivity contribution in [2.24, 2.45) is 23.2 Å². The molecule has 5 unspecified atom stereocenters. The summed E-state index contributed by atoms with van der Waals surface area (Å²) in [6, 6.07) is 11.5. The van der Waals surface area contributed by atoms with Crippen molar-refractivity contribution in [3.8, 4) is 0 Å². The number of amides is 3. The summed E-state index contributed by atoms with van der Waals surface area (Å²) in [7, 11) is 0. The van der Waals surface area contributed by atoms with Crippen molar-refractivity contribution in [2.75, 3.05) is 6.54 Å². The molecule has 11 nitrogen and oxygen atoms in total. The number of rotatable bonds is 13. The van der Waals surface area contributed by atoms with Gasteiger partial charge in [-0.25, -0.2) is 9.59 Å². The first kappa shape index (κ1) is 37.2. The van der Waals surface area contributed by atoms with Gasteiger partial charge < -0.3 is 20.1 Å². The van der Waals surface area contributed by atoms with Gasteiger partial charge in [0, 0.05) is 31.3 Å². The first-order chi connectivity index (χ1) is 24.6. The molecule has 1 saturated heterocycles. The fourth-order valence-corrected chi connectivity index (χ4v) is 8.08. The monoisotopic (exact) mass is 713 g/mol. The van der Waals surface area contributed by atoms with Gasteiger partial charge in [-0.3, -0.25) is 24.1 Å². The van der Waals surface area contributed by atoms with E-state index in [4.69, 9.17) is 4.74 Å². The van der Waals surface area contributed by atoms with Gasteiger partial charge in [-0.15, -0.1) is 0 Å². The van der Waals surface area contributed by atoms with E-state index in [1.165, 1.54) is 22.6 Å². The fourth-order valence-electron chi connectivity index (χ4n) is 8.08. The summed E-state index contributed by atoms with van der Waals surface area (Å²) < 4.78 is 6.05. The quantitative estimate of drug-likeness (QED) is 0.259. The summed E-state index contributed by atoms with van der Waals surface area (Å²) in [6.07, 6.45) is 2.41. The third-order valence-electron chi connectivity index (χ3n) is 11.6. The Morgan fingerprint density at radius 1 is 1.00 bits per heavy atom. The molecule has 4 aliphatic rings. The van der Waals surface area contributed by atoms with Gasteiger partial charge in [0.25, 0.3) is 0 Å². The lowest BCUT2D eigenvalue weighted by molar-refractivity contribution is -0.145. The number of nitrogens with one attached hydrogen (secondary N) is 1. The molecule has 0 radical (unpaired) electrons. The second-order valence-electron chi connectivity index (χ2n) is 16.2. The van der Waals surface area contributed by atoms with Crippen molar-refractivity contribution in [1.82, 2.24) is 15.1 Å². The molecule has 6 rings (SSSR count). The minimum Gasteiger partial charge on any atom is -0.478 e. The van der Waals surface area contributed by atoms with Crippen LogP contribution in [-0.2, 0) is 49.8 Å². The van der Waals surface area contributed by atoms with Crippen molar-refractivity contribution in [3.63, 3.8) is 0 Å². The van der Waals surface area contributed by atoms with Crippen molar-refractivity contribution in [2.45, 2.75) is 117 Å². The van der Waals surface area contributed by atoms with E-state index in [1.807, 2.05) is 39.8 Å². The largest absolute Gasteiger partial charge is 0.478 e. The SMILES string of the molecule is CCc1cccc2c1CN(C(=O)OC1CC(C(=O)NC3(C(=O)CC(=O)C4CC4)CC3CC)N(C(=O)C(Cc3ccc(C(=O)O)cc3)C(C)(C)C)C1)C2. The van der Waals surface area contributed by atoms with Gasteiger partial charge in [-0.2, -0.15) is 0 Å². The lowest BCUT2D eigenvalue weighted by Gasteiger charge is -2.35. The Morgan fingerprint density at radius 2 is 1.71 bits per heavy atom. The zero-order valence-corrected chi connectivity index (χ0v) is 30.9. The summed E-state index contributed by atoms with van der Waals surface area (Å²) >= 11 is 0. The van der Waals surface area contributed by atoms with Crippen molar-refractivity contribution in [3.05, 3.63) is 70.3 Å². The number of ketones is 2. The number of nitrogens with zero attached hydrogens (tertiary/aromatic N) is 2. The molecule has 2 heterocycles. The molecule has 5 atom stereocenters. The lowest BCUT2D eigenvalue weighted by atomic mass is 9.76. The number of carboxylic acid groups (broad SMARTS) is 1. The number of likely N-dealkylation sites (tertiary alicyclic amines) is 1. The summed E-state index contributed by atoms with van der Waals surface area (Å²) in [6.45, 7) is 10.7. The van der Waals surface area contributed by atoms with E-state index in [9.17, 15) is 33.9 Å². The smallest absolute Gasteiger partial charge is 0.410 e. The molecule has 2 N–H and O–H groups in total. The minimum atomic E-state index is -1.15. The molecular formula is C41H51N3O8. The number of aryl methyl sites for hydroxylation is 1. The van der Waals surface area contributed by atoms with Crippen LogP contribution < -0.4 is 5.32 Å². The standard InChI is InChI=1S/C41H51N3O8/c1-6-25-9-8-10-28-21-43(23-31(25)28)39(51)52-30-18-33(36(47)42-41(20-29(41)7-2)35(46)19-34(45)26-15-16-26)44(22-30)37(48)32(40(3,4)5)17-24-11-13-27(14-12-24)38(49)50/h8-14,26,29-30,32-33H,6-7,15-23H2,1-5H3,(H,42,47)(H,49,50). The number of ether oxygens (including phenoxy) is 1. The van der Waals surface area contributed by atoms with Crippen LogP contribution in [0.1, 0.15) is 106 Å². The van der Waals surface area contributed by atoms with E-state index >= 15 is 0 Å². The third kappa shape index (κ3) is 7.64. The predicted octanol–water partition coefficient (Wildman–Crippen LogP) is 5.50. The van der Waals surface area contributed by atoms with Gasteiger partial charge in [0.1, 0.15) is 23.5 Å². The second kappa shape index (κ2) is 14.5. The summed E-state index contributed by atoms with van der Waals surface area (Å²) in [5.74, 6) is -2.96. The van der Waals surface area contributed by atoms with Gasteiger partial charge in [0.05, 0.1) is 18.5 Å². The molecule has 3 amide bonds. The molecule has 11 heteroatoms. The molecule has 3 fully saturated rings. The zero-order valence-electron chi connectivity index (χ0n) is 30.9. The maximum Gasteiger partial charge on any atom is 0.410 e. The number of hydrogen-bond acceptors (Lipinski definition) is 7. The summed E-state index contributed by atoms with van der Waals surface area (Å²) in [5.41, 5.74) is 2.59. The molecule has 0 aromatic heterocycles. The van der Waals surface area contributed by atoms with E-state index in [1.54, 1.807) is 17.0 Å². The Bertz CT molecular complexity index is 1760. The molecule has 2 saturated carbocycles. The predicted molar refractivity (Wildman–Crippen MR) is 192 cm³/mol. The van der Waals surface area contributed by atoms with Crippen LogP contribution in [-0.4, -0.2) is 74.6 Å². The average molecular weight is 714 g/mol. The van der Waals surface area contributed by atoms with Crippen molar-refractivity contribution < 1.29 is 38.6 Å². The average Bonchev–Trinajstić information content (AvgIpc) is 3.99. The number of carbonyl (C=O) groups is 6. The molecule has 2 aromatic carbocycles. The molecule has 278 valence electrons. The zero-order chi connectivity index (χ0) is 37.5. The summed E-state index contributed by atoms with van der Waals surface area (Å²) in [4.78, 5) is 83.3. The van der Waals surface area contributed by atoms with Gasteiger partial charge in [0.15, 0.2) is 5.78 Å². The Kier molecular flexibility index (Phi) is 10.4. The van der Waals surface area contributed by atoms with Gasteiger partial charge in [0.2, 0.25) is 11.8 Å². The van der Waals surface area contributed by atoms with Crippen LogP contribution in [0.2, 0.25) is 0 Å². The van der Waals surface area contributed by atoms with Gasteiger partial charge in [-0.05, 0) is 77.8 Å². The lowest BCUT2D eigenvalue weighted by Crippen LogP contribution is -2.55. The highest BCUT2D eigenvalue weighted by Crippen LogP contribution is 2.48. The number of carboxylic acids is 1. The third-order valence-corrected chi connectivity index (χ3v) is 11.6. The van der Waals surface area contributed by atoms with Crippen molar-refractivity contribution >= 4 is 35.4 Å². The molecular weight excluding hydrogens is 662 g/mol. The van der Waals surface area contributed by atoms with Crippen LogP contribution in [0.5, 0.6) is 0 Å². The van der Waals surface area contributed by atoms with Crippen LogP contribution in [0.4, 0.5) is 4.79 Å². The number of hydrogen-bond donors (Lipinski definition) is 2. The number of fused-ring (bicyclic) bond motifs is 1. The van der Waals surface area contributed by atoms with Gasteiger partial charge in [-0.1, -0.05) is 71.4 Å². The number of carbonyl (C=O) groups excluding carboxylic acids is 5. The van der Waals surface area contributed by atoms with Crippen molar-refractivity contribution in [1.29, 1.82) is 0 Å². The molecule has 2 aliphatic heterocycles. The van der Waals surface area contributed by atoms with Crippen LogP contribution in [0, 0.1) is 23.2 Å². The van der Waals surface area contributed by atoms with E-state index in [0.717, 1.165) is 36.0 Å². The number of benzene rings is 2. The topological polar surface area (TPSA) is 150 Å². The summed E-state index contributed by atoms with van der Waals surface area (Å²) in [5, 5.41) is 12.4. The molecule has 52 heavy (non-hydrogen) atoms. The molecule has 0 bridgehead atoms. The highest BCUT2D eigenvalue weighted by molar-refractivity contribution is 6.08. The Hall–Kier alpha value is -4.54. The minimum absolute atomic E-state index is 0.00646. The van der Waals surface area contributed by atoms with Crippen LogP contribution in [0.25, 0.3) is 0 Å². The van der Waals surface area contributed by atoms with E-state index in [2.05, 4.69) is 18.3 Å². The second-order valence-corrected chi connectivity index (χ2v) is 16.2. The molecule has 0 spiro atoms. The van der Waals surface area contributed by atoms with E-state index < -0.39 is 47.0 Å². The maximum atomic E-state index is 14.6. The Labute approximate surface area is 305 Å². The number of Topliss-reactive ketones (excluding diaryl/α,β-unsaturated/α-hetero) is 2. The van der Waals surface area contributed by atoms with Gasteiger partial charge >= 0.3 is 12.1 Å². The van der Waals surface area contributed by atoms with E-state index in [-0.39, 0.29) is 54.3 Å². The number of aromatic carboxylic acids is 1. The highest BCUT2D eigenvalue weighted by Gasteiger charge is 2.61. The van der Waals surface area contributed by atoms with Crippen LogP contribution >= 0.6 is 0 Å². The molecule has 2 aromatic rings. The normalized spacial score (nSPS) is 24.2. The Balaban J connectivity index is 1.23. The fraction of sp³-hybridized carbons (Fsp3) is 0.561. The van der Waals surface area contributed by atoms with E-state index in [0.29, 0.717) is 32.4 Å². The first-order valence-corrected chi connectivity index (χ1v) is 18.7. The highest BCUT2D eigenvalue weighted by atomic mass is 16.6. The van der Waals surface area contributed by atoms with Crippen LogP contribution in [0.15, 0.2) is 42.5 Å². The van der Waals surface area contributed by atoms with Crippen LogP contribution in [0.3, 0.4) is 0 Å². The Morgan fingerprint density at radius 3 is 2.31 bits per heavy atom. The maximum absolute atomic E-state index is 14.6. The first-order valence-electron chi connectivity index (χ1n) is 18.7. The molecule has 2 aliphatic carbocycles.